The molecule has 0 aromatic carbocycles. The van der Waals surface area contributed by atoms with Gasteiger partial charge in [-0.05, 0) is 25.7 Å². The lowest BCUT2D eigenvalue weighted by Crippen LogP contribution is -2.41. The molecule has 0 heterocycles. The zero-order valence-corrected chi connectivity index (χ0v) is 9.85. The molecule has 3 N–H and O–H groups in total. The van der Waals surface area contributed by atoms with Crippen LogP contribution in [0.1, 0.15) is 25.7 Å². The minimum Gasteiger partial charge on any atom is -0.328 e. The van der Waals surface area contributed by atoms with E-state index in [4.69, 9.17) is 5.73 Å². The highest BCUT2D eigenvalue weighted by atomic mass is 35.5. The summed E-state index contributed by atoms with van der Waals surface area (Å²) >= 11 is 0. The number of hydrogen-bond donors (Lipinski definition) is 2. The highest BCUT2D eigenvalue weighted by Crippen LogP contribution is 2.19. The first-order chi connectivity index (χ1) is 5.97. The van der Waals surface area contributed by atoms with Crippen LogP contribution in [0.5, 0.6) is 0 Å². The standard InChI is InChI=1S/C8H15F3N2.2ClH/c9-8(10,11)5-13-7-3-1-6(12)2-4-7;;/h6-7,13H,1-5,12H2;2*1H/t6-,7-;;. The van der Waals surface area contributed by atoms with Crippen molar-refractivity contribution in [2.45, 2.75) is 43.9 Å². The fourth-order valence-corrected chi connectivity index (χ4v) is 1.58. The summed E-state index contributed by atoms with van der Waals surface area (Å²) in [6, 6.07) is 0.186. The zero-order valence-electron chi connectivity index (χ0n) is 8.22. The Hall–Kier alpha value is 0.290. The third-order valence-corrected chi connectivity index (χ3v) is 2.36. The molecule has 0 spiro atoms. The van der Waals surface area contributed by atoms with Gasteiger partial charge in [-0.2, -0.15) is 13.2 Å². The van der Waals surface area contributed by atoms with Crippen LogP contribution in [0.25, 0.3) is 0 Å². The molecule has 0 unspecified atom stereocenters. The third kappa shape index (κ3) is 8.13. The largest absolute Gasteiger partial charge is 0.401 e. The van der Waals surface area contributed by atoms with E-state index < -0.39 is 12.7 Å². The minimum absolute atomic E-state index is 0. The Kier molecular flexibility index (Phi) is 8.89. The summed E-state index contributed by atoms with van der Waals surface area (Å²) in [6.07, 6.45) is -0.918. The highest BCUT2D eigenvalue weighted by Gasteiger charge is 2.28. The van der Waals surface area contributed by atoms with Crippen molar-refractivity contribution in [1.82, 2.24) is 5.32 Å². The van der Waals surface area contributed by atoms with E-state index in [-0.39, 0.29) is 36.9 Å². The molecule has 0 bridgehead atoms. The normalized spacial score (nSPS) is 26.4. The van der Waals surface area contributed by atoms with Gasteiger partial charge in [0.15, 0.2) is 0 Å². The lowest BCUT2D eigenvalue weighted by atomic mass is 9.92. The Morgan fingerprint density at radius 1 is 1.07 bits per heavy atom. The van der Waals surface area contributed by atoms with Crippen molar-refractivity contribution in [3.8, 4) is 0 Å². The maximum Gasteiger partial charge on any atom is 0.401 e. The van der Waals surface area contributed by atoms with Crippen molar-refractivity contribution in [3.05, 3.63) is 0 Å². The van der Waals surface area contributed by atoms with Crippen molar-refractivity contribution in [3.63, 3.8) is 0 Å². The second kappa shape index (κ2) is 7.54. The molecule has 0 aromatic heterocycles. The quantitative estimate of drug-likeness (QED) is 0.807. The van der Waals surface area contributed by atoms with E-state index in [0.29, 0.717) is 0 Å². The summed E-state index contributed by atoms with van der Waals surface area (Å²) in [5.41, 5.74) is 5.63. The number of nitrogens with one attached hydrogen (secondary N) is 1. The first-order valence-electron chi connectivity index (χ1n) is 4.53. The number of alkyl halides is 3. The molecule has 1 aliphatic carbocycles. The molecule has 1 saturated carbocycles. The van der Waals surface area contributed by atoms with Crippen molar-refractivity contribution >= 4 is 24.8 Å². The van der Waals surface area contributed by atoms with Gasteiger partial charge < -0.3 is 11.1 Å². The van der Waals surface area contributed by atoms with Crippen LogP contribution in [0.4, 0.5) is 13.2 Å². The van der Waals surface area contributed by atoms with Gasteiger partial charge in [-0.25, -0.2) is 0 Å². The third-order valence-electron chi connectivity index (χ3n) is 2.36. The first-order valence-corrected chi connectivity index (χ1v) is 4.53. The number of hydrogen-bond acceptors (Lipinski definition) is 2. The Morgan fingerprint density at radius 3 is 1.93 bits per heavy atom. The molecule has 2 nitrogen and oxygen atoms in total. The molecular weight excluding hydrogens is 252 g/mol. The predicted molar refractivity (Wildman–Crippen MR) is 58.8 cm³/mol. The highest BCUT2D eigenvalue weighted by molar-refractivity contribution is 5.85. The second-order valence-corrected chi connectivity index (χ2v) is 3.61. The maximum atomic E-state index is 11.8. The van der Waals surface area contributed by atoms with Gasteiger partial charge >= 0.3 is 6.18 Å². The zero-order chi connectivity index (χ0) is 9.90. The van der Waals surface area contributed by atoms with E-state index in [1.807, 2.05) is 0 Å². The Balaban J connectivity index is 0. The van der Waals surface area contributed by atoms with Gasteiger partial charge in [0, 0.05) is 12.1 Å². The van der Waals surface area contributed by atoms with Gasteiger partial charge in [-0.1, -0.05) is 0 Å². The van der Waals surface area contributed by atoms with Gasteiger partial charge in [0.05, 0.1) is 6.54 Å². The predicted octanol–water partition coefficient (Wildman–Crippen LogP) is 2.25. The summed E-state index contributed by atoms with van der Waals surface area (Å²) in [5, 5.41) is 2.50. The topological polar surface area (TPSA) is 38.0 Å². The summed E-state index contributed by atoms with van der Waals surface area (Å²) in [5.74, 6) is 0. The average molecular weight is 269 g/mol. The van der Waals surface area contributed by atoms with Crippen LogP contribution >= 0.6 is 24.8 Å². The molecule has 1 fully saturated rings. The van der Waals surface area contributed by atoms with Crippen molar-refractivity contribution in [2.24, 2.45) is 5.73 Å². The summed E-state index contributed by atoms with van der Waals surface area (Å²) in [7, 11) is 0. The van der Waals surface area contributed by atoms with Crippen molar-refractivity contribution in [2.75, 3.05) is 6.54 Å². The molecule has 0 amide bonds. The molecule has 15 heavy (non-hydrogen) atoms. The number of nitrogens with two attached hydrogens (primary N) is 1. The SMILES string of the molecule is Cl.Cl.N[C@H]1CC[C@H](NCC(F)(F)F)CC1. The molecule has 0 aromatic rings. The molecule has 0 radical (unpaired) electrons. The van der Waals surface area contributed by atoms with E-state index >= 15 is 0 Å². The lowest BCUT2D eigenvalue weighted by Gasteiger charge is -2.27. The Bertz CT molecular complexity index is 158. The Morgan fingerprint density at radius 2 is 1.53 bits per heavy atom. The molecule has 1 aliphatic rings. The minimum atomic E-state index is -4.10. The lowest BCUT2D eigenvalue weighted by molar-refractivity contribution is -0.126. The first kappa shape index (κ1) is 17.7. The van der Waals surface area contributed by atoms with Crippen LogP contribution in [-0.4, -0.2) is 24.8 Å². The van der Waals surface area contributed by atoms with E-state index in [1.54, 1.807) is 0 Å². The van der Waals surface area contributed by atoms with Crippen LogP contribution in [0.15, 0.2) is 0 Å². The Labute approximate surface area is 100.0 Å². The number of rotatable bonds is 2. The van der Waals surface area contributed by atoms with E-state index in [1.165, 1.54) is 0 Å². The van der Waals surface area contributed by atoms with Crippen LogP contribution in [0.3, 0.4) is 0 Å². The van der Waals surface area contributed by atoms with Crippen molar-refractivity contribution < 1.29 is 13.2 Å². The second-order valence-electron chi connectivity index (χ2n) is 3.61. The van der Waals surface area contributed by atoms with Crippen molar-refractivity contribution in [1.29, 1.82) is 0 Å². The number of halogens is 5. The maximum absolute atomic E-state index is 11.8. The molecular formula is C8H17Cl2F3N2. The smallest absolute Gasteiger partial charge is 0.328 e. The molecule has 0 atom stereocenters. The summed E-state index contributed by atoms with van der Waals surface area (Å²) < 4.78 is 35.4. The van der Waals surface area contributed by atoms with E-state index in [9.17, 15) is 13.2 Å². The van der Waals surface area contributed by atoms with Gasteiger partial charge in [0.2, 0.25) is 0 Å². The van der Waals surface area contributed by atoms with E-state index in [0.717, 1.165) is 25.7 Å². The molecule has 7 heteroatoms. The summed E-state index contributed by atoms with van der Waals surface area (Å²) in [4.78, 5) is 0. The van der Waals surface area contributed by atoms with Gasteiger partial charge in [-0.15, -0.1) is 24.8 Å². The van der Waals surface area contributed by atoms with E-state index in [2.05, 4.69) is 5.32 Å². The molecule has 1 rings (SSSR count). The monoisotopic (exact) mass is 268 g/mol. The van der Waals surface area contributed by atoms with Crippen LogP contribution in [0.2, 0.25) is 0 Å². The van der Waals surface area contributed by atoms with Crippen LogP contribution in [-0.2, 0) is 0 Å². The fourth-order valence-electron chi connectivity index (χ4n) is 1.58. The molecule has 0 aliphatic heterocycles. The molecule has 94 valence electrons. The van der Waals surface area contributed by atoms with Crippen LogP contribution in [0, 0.1) is 0 Å². The fraction of sp³-hybridized carbons (Fsp3) is 1.00. The average Bonchev–Trinajstić information content (AvgIpc) is 2.02. The van der Waals surface area contributed by atoms with Gasteiger partial charge in [0.1, 0.15) is 0 Å². The van der Waals surface area contributed by atoms with Gasteiger partial charge in [-0.3, -0.25) is 0 Å². The van der Waals surface area contributed by atoms with Crippen LogP contribution < -0.4 is 11.1 Å². The molecule has 0 saturated heterocycles. The summed E-state index contributed by atoms with van der Waals surface area (Å²) in [6.45, 7) is -0.882. The van der Waals surface area contributed by atoms with Gasteiger partial charge in [0.25, 0.3) is 0 Å².